The molecule has 0 aliphatic carbocycles. The molecule has 0 saturated carbocycles. The van der Waals surface area contributed by atoms with E-state index < -0.39 is 15.8 Å². The maximum absolute atomic E-state index is 13.1. The Bertz CT molecular complexity index is 754. The van der Waals surface area contributed by atoms with E-state index in [4.69, 9.17) is 34.8 Å². The van der Waals surface area contributed by atoms with Crippen LogP contribution in [0.2, 0.25) is 14.5 Å². The quantitative estimate of drug-likeness (QED) is 0.867. The fraction of sp³-hybridized carbons (Fsp3) is 0.100. The van der Waals surface area contributed by atoms with Crippen molar-refractivity contribution in [2.24, 2.45) is 0 Å². The monoisotopic (exact) mass is 374 g/mol. The van der Waals surface area contributed by atoms with E-state index in [1.165, 1.54) is 6.92 Å². The van der Waals surface area contributed by atoms with Crippen LogP contribution in [0.3, 0.4) is 0 Å². The molecule has 0 unspecified atom stereocenters. The second kappa shape index (κ2) is 5.65. The van der Waals surface area contributed by atoms with Gasteiger partial charge in [-0.25, -0.2) is 17.8 Å². The summed E-state index contributed by atoms with van der Waals surface area (Å²) in [7, 11) is -3.95. The smallest absolute Gasteiger partial charge is 0.273 e. The average Bonchev–Trinajstić information content (AvgIpc) is 2.64. The molecule has 1 N–H and O–H groups in total. The molecule has 108 valence electrons. The number of hydrogen-bond donors (Lipinski definition) is 1. The number of nitrogens with zero attached hydrogens (tertiary/aromatic N) is 1. The van der Waals surface area contributed by atoms with Crippen molar-refractivity contribution in [3.63, 3.8) is 0 Å². The Hall–Kier alpha value is -0.600. The third kappa shape index (κ3) is 3.17. The van der Waals surface area contributed by atoms with Gasteiger partial charge >= 0.3 is 0 Å². The van der Waals surface area contributed by atoms with Gasteiger partial charge in [0.25, 0.3) is 10.0 Å². The Kier molecular flexibility index (Phi) is 4.46. The van der Waals surface area contributed by atoms with E-state index in [0.29, 0.717) is 0 Å². The molecule has 0 fully saturated rings. The minimum absolute atomic E-state index is 0.0565. The summed E-state index contributed by atoms with van der Waals surface area (Å²) in [5.74, 6) is -0.667. The van der Waals surface area contributed by atoms with Crippen LogP contribution >= 0.6 is 46.1 Å². The normalized spacial score (nSPS) is 11.7. The summed E-state index contributed by atoms with van der Waals surface area (Å²) in [4.78, 5) is 3.82. The summed E-state index contributed by atoms with van der Waals surface area (Å²) in [6.45, 7) is 1.50. The standard InChI is InChI=1S/C10H6Cl3FN2O2S2/c1-4-9(19-10(13)15-4)20(17,18)16-8-6(11)2-5(14)3-7(8)12/h2-3,16H,1H3. The van der Waals surface area contributed by atoms with Crippen LogP contribution in [0, 0.1) is 12.7 Å². The number of aryl methyl sites for hydroxylation is 1. The lowest BCUT2D eigenvalue weighted by Crippen LogP contribution is -2.13. The van der Waals surface area contributed by atoms with E-state index in [1.807, 2.05) is 0 Å². The summed E-state index contributed by atoms with van der Waals surface area (Å²) in [6, 6.07) is 1.91. The molecule has 1 aromatic heterocycles. The second-order valence-corrected chi connectivity index (χ2v) is 7.96. The van der Waals surface area contributed by atoms with E-state index in [0.717, 1.165) is 23.5 Å². The fourth-order valence-corrected chi connectivity index (χ4v) is 4.93. The van der Waals surface area contributed by atoms with Crippen molar-refractivity contribution >= 4 is 61.9 Å². The number of rotatable bonds is 3. The number of nitrogens with one attached hydrogen (secondary N) is 1. The van der Waals surface area contributed by atoms with E-state index in [2.05, 4.69) is 9.71 Å². The Morgan fingerprint density at radius 2 is 1.80 bits per heavy atom. The highest BCUT2D eigenvalue weighted by Crippen LogP contribution is 2.35. The first-order valence-electron chi connectivity index (χ1n) is 5.01. The first-order valence-corrected chi connectivity index (χ1v) is 8.44. The Morgan fingerprint density at radius 1 is 1.25 bits per heavy atom. The van der Waals surface area contributed by atoms with Gasteiger partial charge in [-0.2, -0.15) is 0 Å². The number of hydrogen-bond acceptors (Lipinski definition) is 4. The van der Waals surface area contributed by atoms with Gasteiger partial charge in [-0.1, -0.05) is 46.1 Å². The summed E-state index contributed by atoms with van der Waals surface area (Å²) in [5.41, 5.74) is 0.153. The molecule has 2 aromatic rings. The lowest BCUT2D eigenvalue weighted by atomic mass is 10.3. The first kappa shape index (κ1) is 15.8. The van der Waals surface area contributed by atoms with Crippen LogP contribution in [0.15, 0.2) is 16.3 Å². The molecule has 0 aliphatic heterocycles. The summed E-state index contributed by atoms with van der Waals surface area (Å²) in [5, 5.41) is -0.293. The van der Waals surface area contributed by atoms with Gasteiger partial charge in [0.05, 0.1) is 21.4 Å². The van der Waals surface area contributed by atoms with Crippen LogP contribution in [-0.4, -0.2) is 13.4 Å². The van der Waals surface area contributed by atoms with Crippen LogP contribution in [-0.2, 0) is 10.0 Å². The highest BCUT2D eigenvalue weighted by Gasteiger charge is 2.23. The second-order valence-electron chi connectivity index (χ2n) is 3.69. The Morgan fingerprint density at radius 3 is 2.25 bits per heavy atom. The van der Waals surface area contributed by atoms with Gasteiger partial charge in [0.1, 0.15) is 5.82 Å². The SMILES string of the molecule is Cc1nc(Cl)sc1S(=O)(=O)Nc1c(Cl)cc(F)cc1Cl. The van der Waals surface area contributed by atoms with Crippen LogP contribution in [0.4, 0.5) is 10.1 Å². The van der Waals surface area contributed by atoms with Crippen molar-refractivity contribution < 1.29 is 12.8 Å². The maximum atomic E-state index is 13.1. The molecule has 0 bridgehead atoms. The van der Waals surface area contributed by atoms with Crippen LogP contribution in [0.25, 0.3) is 0 Å². The lowest BCUT2D eigenvalue weighted by molar-refractivity contribution is 0.602. The topological polar surface area (TPSA) is 59.1 Å². The number of halogens is 4. The van der Waals surface area contributed by atoms with Gasteiger partial charge in [-0.15, -0.1) is 0 Å². The van der Waals surface area contributed by atoms with E-state index in [1.54, 1.807) is 0 Å². The molecule has 0 spiro atoms. The molecule has 1 heterocycles. The molecule has 4 nitrogen and oxygen atoms in total. The number of thiazole rings is 1. The van der Waals surface area contributed by atoms with E-state index >= 15 is 0 Å². The van der Waals surface area contributed by atoms with Crippen molar-refractivity contribution in [1.82, 2.24) is 4.98 Å². The first-order chi connectivity index (χ1) is 9.20. The minimum Gasteiger partial charge on any atom is -0.276 e. The summed E-state index contributed by atoms with van der Waals surface area (Å²) >= 11 is 18.0. The van der Waals surface area contributed by atoms with Crippen molar-refractivity contribution in [3.05, 3.63) is 38.2 Å². The summed E-state index contributed by atoms with van der Waals surface area (Å²) in [6.07, 6.45) is 0. The highest BCUT2D eigenvalue weighted by atomic mass is 35.5. The molecular formula is C10H6Cl3FN2O2S2. The zero-order chi connectivity index (χ0) is 15.1. The number of sulfonamides is 1. The van der Waals surface area contributed by atoms with Crippen molar-refractivity contribution in [1.29, 1.82) is 0 Å². The van der Waals surface area contributed by atoms with Gasteiger partial charge in [0.15, 0.2) is 8.68 Å². The number of benzene rings is 1. The molecular weight excluding hydrogens is 370 g/mol. The zero-order valence-corrected chi connectivity index (χ0v) is 13.6. The molecule has 0 atom stereocenters. The van der Waals surface area contributed by atoms with E-state index in [9.17, 15) is 12.8 Å². The highest BCUT2D eigenvalue weighted by molar-refractivity contribution is 7.94. The van der Waals surface area contributed by atoms with Crippen molar-refractivity contribution in [3.8, 4) is 0 Å². The van der Waals surface area contributed by atoms with Crippen molar-refractivity contribution in [2.45, 2.75) is 11.1 Å². The largest absolute Gasteiger partial charge is 0.276 e. The third-order valence-electron chi connectivity index (χ3n) is 2.22. The molecule has 10 heteroatoms. The van der Waals surface area contributed by atoms with Gasteiger partial charge in [0, 0.05) is 0 Å². The van der Waals surface area contributed by atoms with Gasteiger partial charge in [-0.3, -0.25) is 4.72 Å². The third-order valence-corrected chi connectivity index (χ3v) is 6.03. The molecule has 20 heavy (non-hydrogen) atoms. The molecule has 0 aliphatic rings. The van der Waals surface area contributed by atoms with Gasteiger partial charge in [0.2, 0.25) is 0 Å². The van der Waals surface area contributed by atoms with Gasteiger partial charge in [-0.05, 0) is 19.1 Å². The molecule has 0 amide bonds. The zero-order valence-electron chi connectivity index (χ0n) is 9.75. The van der Waals surface area contributed by atoms with E-state index in [-0.39, 0.29) is 30.1 Å². The van der Waals surface area contributed by atoms with Crippen LogP contribution in [0.5, 0.6) is 0 Å². The lowest BCUT2D eigenvalue weighted by Gasteiger charge is -2.10. The predicted octanol–water partition coefficient (Wildman–Crippen LogP) is 4.35. The Labute approximate surface area is 133 Å². The number of anilines is 1. The minimum atomic E-state index is -3.95. The number of aromatic nitrogens is 1. The summed E-state index contributed by atoms with van der Waals surface area (Å²) < 4.78 is 39.7. The molecule has 0 radical (unpaired) electrons. The molecule has 1 aromatic carbocycles. The predicted molar refractivity (Wildman–Crippen MR) is 79.1 cm³/mol. The van der Waals surface area contributed by atoms with Crippen molar-refractivity contribution in [2.75, 3.05) is 4.72 Å². The molecule has 2 rings (SSSR count). The average molecular weight is 376 g/mol. The molecule has 0 saturated heterocycles. The van der Waals surface area contributed by atoms with Gasteiger partial charge < -0.3 is 0 Å². The van der Waals surface area contributed by atoms with Crippen LogP contribution in [0.1, 0.15) is 5.69 Å². The van der Waals surface area contributed by atoms with Crippen LogP contribution < -0.4 is 4.72 Å². The Balaban J connectivity index is 2.46. The fourth-order valence-electron chi connectivity index (χ4n) is 1.42. The maximum Gasteiger partial charge on any atom is 0.273 e.